The predicted molar refractivity (Wildman–Crippen MR) is 144 cm³/mol. The molecule has 0 spiro atoms. The fourth-order valence-corrected chi connectivity index (χ4v) is 3.83. The molecule has 0 saturated heterocycles. The molecule has 0 radical (unpaired) electrons. The number of benzene rings is 2. The molecule has 0 saturated carbocycles. The Bertz CT molecular complexity index is 1210. The van der Waals surface area contributed by atoms with Gasteiger partial charge in [-0.05, 0) is 35.4 Å². The summed E-state index contributed by atoms with van der Waals surface area (Å²) in [5, 5.41) is 12.5. The molecule has 2 heterocycles. The lowest BCUT2D eigenvalue weighted by Crippen LogP contribution is -2.16. The molecule has 184 valence electrons. The molecule has 0 aliphatic heterocycles. The monoisotopic (exact) mass is 482 g/mol. The van der Waals surface area contributed by atoms with Crippen molar-refractivity contribution in [2.45, 2.75) is 25.7 Å². The van der Waals surface area contributed by atoms with Crippen molar-refractivity contribution in [2.75, 3.05) is 35.4 Å². The van der Waals surface area contributed by atoms with Crippen molar-refractivity contribution in [1.29, 1.82) is 0 Å². The van der Waals surface area contributed by atoms with Gasteiger partial charge in [-0.25, -0.2) is 19.9 Å². The largest absolute Gasteiger partial charge is 0.373 e. The zero-order valence-corrected chi connectivity index (χ0v) is 20.8. The van der Waals surface area contributed by atoms with E-state index in [1.807, 2.05) is 88.6 Å². The quantitative estimate of drug-likeness (QED) is 0.238. The molecule has 0 aliphatic rings. The highest BCUT2D eigenvalue weighted by Gasteiger charge is 2.23. The third-order valence-corrected chi connectivity index (χ3v) is 6.07. The van der Waals surface area contributed by atoms with Gasteiger partial charge in [0.1, 0.15) is 41.7 Å². The first-order valence-corrected chi connectivity index (χ1v) is 11.7. The van der Waals surface area contributed by atoms with Gasteiger partial charge in [0, 0.05) is 49.4 Å². The third kappa shape index (κ3) is 5.93. The zero-order valence-electron chi connectivity index (χ0n) is 20.8. The van der Waals surface area contributed by atoms with Crippen LogP contribution >= 0.6 is 0 Å². The minimum Gasteiger partial charge on any atom is -0.373 e. The van der Waals surface area contributed by atoms with Crippen LogP contribution in [-0.2, 0) is 4.79 Å². The highest BCUT2D eigenvalue weighted by molar-refractivity contribution is 5.91. The lowest BCUT2D eigenvalue weighted by Gasteiger charge is -2.18. The van der Waals surface area contributed by atoms with Gasteiger partial charge >= 0.3 is 0 Å². The lowest BCUT2D eigenvalue weighted by atomic mass is 9.86. The summed E-state index contributed by atoms with van der Waals surface area (Å²) >= 11 is 0. The van der Waals surface area contributed by atoms with E-state index in [-0.39, 0.29) is 17.6 Å². The summed E-state index contributed by atoms with van der Waals surface area (Å²) in [5.74, 6) is 2.56. The Morgan fingerprint density at radius 2 is 0.972 bits per heavy atom. The Hall–Kier alpha value is -4.53. The molecule has 0 fully saturated rings. The molecule has 2 atom stereocenters. The lowest BCUT2D eigenvalue weighted by molar-refractivity contribution is -0.121. The van der Waals surface area contributed by atoms with E-state index in [0.29, 0.717) is 11.6 Å². The molecule has 0 bridgehead atoms. The van der Waals surface area contributed by atoms with E-state index in [4.69, 9.17) is 0 Å². The maximum Gasteiger partial charge on any atom is 0.147 e. The van der Waals surface area contributed by atoms with Crippen LogP contribution in [0.3, 0.4) is 0 Å². The number of aromatic nitrogens is 4. The third-order valence-electron chi connectivity index (χ3n) is 6.07. The number of carbonyl (C=O) groups excluding carboxylic acids is 1. The molecule has 0 amide bonds. The molecule has 9 heteroatoms. The fraction of sp³-hybridized carbons (Fsp3) is 0.222. The van der Waals surface area contributed by atoms with Gasteiger partial charge in [0.15, 0.2) is 0 Å². The molecule has 2 aromatic carbocycles. The van der Waals surface area contributed by atoms with Crippen molar-refractivity contribution in [2.24, 2.45) is 0 Å². The summed E-state index contributed by atoms with van der Waals surface area (Å²) in [6, 6.07) is 19.4. The van der Waals surface area contributed by atoms with Crippen LogP contribution < -0.4 is 21.3 Å². The smallest absolute Gasteiger partial charge is 0.147 e. The van der Waals surface area contributed by atoms with Crippen molar-refractivity contribution in [3.05, 3.63) is 84.4 Å². The number of nitrogens with zero attached hydrogens (tertiary/aromatic N) is 4. The Labute approximate surface area is 210 Å². The van der Waals surface area contributed by atoms with Gasteiger partial charge in [-0.15, -0.1) is 0 Å². The minimum absolute atomic E-state index is 0.167. The van der Waals surface area contributed by atoms with Crippen LogP contribution in [0.1, 0.15) is 36.8 Å². The summed E-state index contributed by atoms with van der Waals surface area (Å²) in [5.41, 5.74) is 3.72. The Balaban J connectivity index is 1.38. The van der Waals surface area contributed by atoms with Crippen molar-refractivity contribution >= 4 is 40.4 Å². The minimum atomic E-state index is -0.234. The second-order valence-corrected chi connectivity index (χ2v) is 8.42. The van der Waals surface area contributed by atoms with Crippen molar-refractivity contribution in [3.8, 4) is 0 Å². The van der Waals surface area contributed by atoms with Gasteiger partial charge in [-0.2, -0.15) is 0 Å². The van der Waals surface area contributed by atoms with Crippen LogP contribution in [0.4, 0.5) is 34.6 Å². The maximum atomic E-state index is 13.3. The molecule has 9 nitrogen and oxygen atoms in total. The van der Waals surface area contributed by atoms with E-state index < -0.39 is 0 Å². The molecule has 36 heavy (non-hydrogen) atoms. The number of ketones is 1. The van der Waals surface area contributed by atoms with E-state index in [1.54, 1.807) is 0 Å². The van der Waals surface area contributed by atoms with Gasteiger partial charge in [0.25, 0.3) is 0 Å². The number of anilines is 6. The summed E-state index contributed by atoms with van der Waals surface area (Å²) in [7, 11) is 3.62. The first-order valence-electron chi connectivity index (χ1n) is 11.7. The Morgan fingerprint density at radius 3 is 1.33 bits per heavy atom. The van der Waals surface area contributed by atoms with Crippen LogP contribution in [-0.4, -0.2) is 39.8 Å². The molecule has 4 aromatic rings. The second-order valence-electron chi connectivity index (χ2n) is 8.42. The number of Topliss-reactive ketones (excluding diaryl/α,β-unsaturated/α-hetero) is 1. The van der Waals surface area contributed by atoms with E-state index in [2.05, 4.69) is 41.2 Å². The van der Waals surface area contributed by atoms with Gasteiger partial charge in [-0.1, -0.05) is 38.1 Å². The highest BCUT2D eigenvalue weighted by atomic mass is 16.1. The topological polar surface area (TPSA) is 117 Å². The summed E-state index contributed by atoms with van der Waals surface area (Å²) in [4.78, 5) is 30.0. The van der Waals surface area contributed by atoms with E-state index in [1.165, 1.54) is 12.7 Å². The molecule has 2 unspecified atom stereocenters. The Kier molecular flexibility index (Phi) is 7.69. The second kappa shape index (κ2) is 11.3. The molecule has 4 rings (SSSR count). The molecule has 4 N–H and O–H groups in total. The van der Waals surface area contributed by atoms with E-state index in [9.17, 15) is 4.79 Å². The predicted octanol–water partition coefficient (Wildman–Crippen LogP) is 5.31. The van der Waals surface area contributed by atoms with Gasteiger partial charge in [0.2, 0.25) is 0 Å². The van der Waals surface area contributed by atoms with Crippen LogP contribution in [0.5, 0.6) is 0 Å². The van der Waals surface area contributed by atoms with E-state index in [0.717, 1.165) is 34.1 Å². The summed E-state index contributed by atoms with van der Waals surface area (Å²) in [6.07, 6.45) is 3.01. The standard InChI is InChI=1S/C27H30N8O/c1-17(19-5-9-21(10-6-19)34-25-13-23(28-3)30-15-32-25)27(36)18(2)20-7-11-22(12-8-20)35-26-14-24(29-4)31-16-33-26/h5-18H,1-4H3,(H2,28,30,32,34)(H2,29,31,33,35). The van der Waals surface area contributed by atoms with Crippen LogP contribution in [0, 0.1) is 0 Å². The highest BCUT2D eigenvalue weighted by Crippen LogP contribution is 2.28. The van der Waals surface area contributed by atoms with Crippen molar-refractivity contribution in [1.82, 2.24) is 19.9 Å². The number of nitrogens with one attached hydrogen (secondary N) is 4. The molecular formula is C27H30N8O. The van der Waals surface area contributed by atoms with Gasteiger partial charge in [0.05, 0.1) is 0 Å². The normalized spacial score (nSPS) is 12.3. The average Bonchev–Trinajstić information content (AvgIpc) is 2.93. The number of rotatable bonds is 10. The maximum absolute atomic E-state index is 13.3. The van der Waals surface area contributed by atoms with Crippen molar-refractivity contribution < 1.29 is 4.79 Å². The Morgan fingerprint density at radius 1 is 0.611 bits per heavy atom. The SMILES string of the molecule is CNc1cc(Nc2ccc(C(C)C(=O)C(C)c3ccc(Nc4cc(NC)ncn4)cc3)cc2)ncn1. The zero-order chi connectivity index (χ0) is 25.5. The van der Waals surface area contributed by atoms with E-state index >= 15 is 0 Å². The summed E-state index contributed by atoms with van der Waals surface area (Å²) in [6.45, 7) is 3.91. The fourth-order valence-electron chi connectivity index (χ4n) is 3.83. The molecule has 0 aliphatic carbocycles. The molecule has 2 aromatic heterocycles. The van der Waals surface area contributed by atoms with Crippen LogP contribution in [0.15, 0.2) is 73.3 Å². The van der Waals surface area contributed by atoms with Crippen LogP contribution in [0.25, 0.3) is 0 Å². The first kappa shape index (κ1) is 24.6. The van der Waals surface area contributed by atoms with Gasteiger partial charge in [-0.3, -0.25) is 4.79 Å². The molecular weight excluding hydrogens is 452 g/mol. The average molecular weight is 483 g/mol. The van der Waals surface area contributed by atoms with Gasteiger partial charge < -0.3 is 21.3 Å². The number of carbonyl (C=O) groups is 1. The number of hydrogen-bond donors (Lipinski definition) is 4. The first-order chi connectivity index (χ1) is 17.5. The number of hydrogen-bond acceptors (Lipinski definition) is 9. The summed E-state index contributed by atoms with van der Waals surface area (Å²) < 4.78 is 0. The van der Waals surface area contributed by atoms with Crippen molar-refractivity contribution in [3.63, 3.8) is 0 Å². The van der Waals surface area contributed by atoms with Crippen LogP contribution in [0.2, 0.25) is 0 Å².